The zero-order valence-corrected chi connectivity index (χ0v) is 19.3. The lowest BCUT2D eigenvalue weighted by Crippen LogP contribution is -2.48. The van der Waals surface area contributed by atoms with E-state index >= 15 is 0 Å². The Balaban J connectivity index is 1.94. The first kappa shape index (κ1) is 22.8. The largest absolute Gasteiger partial charge is 0.760 e. The molecule has 8 nitrogen and oxygen atoms in total. The zero-order chi connectivity index (χ0) is 20.1. The first-order valence-corrected chi connectivity index (χ1v) is 11.2. The average molecular weight is 594 g/mol. The van der Waals surface area contributed by atoms with Gasteiger partial charge in [0.05, 0.1) is 11.6 Å². The van der Waals surface area contributed by atoms with Crippen LogP contribution in [0.2, 0.25) is 5.02 Å². The molecule has 12 heteroatoms. The Morgan fingerprint density at radius 3 is 2.63 bits per heavy atom. The summed E-state index contributed by atoms with van der Waals surface area (Å²) in [7, 11) is 0. The molecule has 150 valence electrons. The molecule has 0 saturated carbocycles. The summed E-state index contributed by atoms with van der Waals surface area (Å²) in [6.07, 6.45) is 0.0255. The van der Waals surface area contributed by atoms with Crippen LogP contribution in [0.25, 0.3) is 0 Å². The molecule has 1 aliphatic heterocycles. The Morgan fingerprint density at radius 1 is 1.44 bits per heavy atom. The molecule has 0 aromatic heterocycles. The molecular formula is C15H17BrClIN3O5S-. The second kappa shape index (κ2) is 10.3. The summed E-state index contributed by atoms with van der Waals surface area (Å²) in [6.45, 7) is 0.406. The lowest BCUT2D eigenvalue weighted by Gasteiger charge is -2.31. The molecule has 1 unspecified atom stereocenters. The zero-order valence-electron chi connectivity index (χ0n) is 14.0. The number of halogens is 3. The lowest BCUT2D eigenvalue weighted by atomic mass is 10.1. The first-order valence-electron chi connectivity index (χ1n) is 7.92. The Morgan fingerprint density at radius 2 is 2.07 bits per heavy atom. The molecule has 1 aromatic rings. The van der Waals surface area contributed by atoms with Gasteiger partial charge < -0.3 is 19.9 Å². The van der Waals surface area contributed by atoms with Crippen LogP contribution in [-0.2, 0) is 22.6 Å². The normalized spacial score (nSPS) is 16.4. The molecule has 1 aromatic carbocycles. The number of rotatable bonds is 6. The van der Waals surface area contributed by atoms with Crippen LogP contribution in [0.4, 0.5) is 4.79 Å². The average Bonchev–Trinajstić information content (AvgIpc) is 2.59. The van der Waals surface area contributed by atoms with Gasteiger partial charge in [0.1, 0.15) is 0 Å². The van der Waals surface area contributed by atoms with Crippen LogP contribution in [0.5, 0.6) is 0 Å². The highest BCUT2D eigenvalue weighted by molar-refractivity contribution is 14.1. The molecule has 27 heavy (non-hydrogen) atoms. The van der Waals surface area contributed by atoms with E-state index in [4.69, 9.17) is 16.7 Å². The maximum absolute atomic E-state index is 12.2. The van der Waals surface area contributed by atoms with Crippen molar-refractivity contribution < 1.29 is 23.5 Å². The van der Waals surface area contributed by atoms with Gasteiger partial charge in [0.15, 0.2) is 0 Å². The van der Waals surface area contributed by atoms with E-state index in [9.17, 15) is 18.4 Å². The van der Waals surface area contributed by atoms with Crippen molar-refractivity contribution in [3.63, 3.8) is 0 Å². The second-order valence-electron chi connectivity index (χ2n) is 5.98. The molecule has 2 rings (SSSR count). The van der Waals surface area contributed by atoms with E-state index in [0.717, 1.165) is 13.4 Å². The summed E-state index contributed by atoms with van der Waals surface area (Å²) in [6, 6.07) is 3.27. The predicted octanol–water partition coefficient (Wildman–Crippen LogP) is 2.56. The molecule has 1 atom stereocenters. The fourth-order valence-electron chi connectivity index (χ4n) is 2.68. The van der Waals surface area contributed by atoms with Crippen LogP contribution in [0.15, 0.2) is 16.6 Å². The van der Waals surface area contributed by atoms with E-state index in [2.05, 4.69) is 43.8 Å². The maximum atomic E-state index is 12.2. The van der Waals surface area contributed by atoms with Crippen molar-refractivity contribution in [3.05, 3.63) is 30.8 Å². The highest BCUT2D eigenvalue weighted by atomic mass is 127. The van der Waals surface area contributed by atoms with Crippen LogP contribution in [0.1, 0.15) is 18.4 Å². The minimum absolute atomic E-state index is 0.0367. The Bertz CT molecular complexity index is 748. The van der Waals surface area contributed by atoms with Crippen molar-refractivity contribution in [3.8, 4) is 0 Å². The number of likely N-dealkylation sites (tertiary alicyclic amines) is 1. The number of benzene rings is 1. The maximum Gasteiger partial charge on any atom is 0.407 e. The molecule has 2 N–H and O–H groups in total. The summed E-state index contributed by atoms with van der Waals surface area (Å²) in [5.74, 6) is -0.420. The highest BCUT2D eigenvalue weighted by Gasteiger charge is 2.24. The number of nitrogens with zero attached hydrogens (tertiary/aromatic N) is 2. The van der Waals surface area contributed by atoms with Gasteiger partial charge in [-0.2, -0.15) is 0 Å². The van der Waals surface area contributed by atoms with Gasteiger partial charge in [-0.3, -0.25) is 9.00 Å². The number of carbonyl (C=O) groups is 2. The molecular weight excluding hydrogens is 577 g/mol. The monoisotopic (exact) mass is 592 g/mol. The van der Waals surface area contributed by atoms with Gasteiger partial charge in [-0.25, -0.2) is 9.10 Å². The van der Waals surface area contributed by atoms with Crippen LogP contribution >= 0.6 is 50.1 Å². The fraction of sp³-hybridized carbons (Fsp3) is 0.467. The van der Waals surface area contributed by atoms with Crippen molar-refractivity contribution in [1.82, 2.24) is 14.5 Å². The van der Waals surface area contributed by atoms with Gasteiger partial charge in [0, 0.05) is 45.0 Å². The molecule has 2 amide bonds. The van der Waals surface area contributed by atoms with Crippen molar-refractivity contribution >= 4 is 73.4 Å². The van der Waals surface area contributed by atoms with Crippen LogP contribution in [-0.4, -0.2) is 60.7 Å². The van der Waals surface area contributed by atoms with Crippen molar-refractivity contribution in [1.29, 1.82) is 0 Å². The van der Waals surface area contributed by atoms with Crippen molar-refractivity contribution in [2.24, 2.45) is 0 Å². The number of carbonyl (C=O) groups excluding carboxylic acids is 1. The molecule has 0 spiro atoms. The first-order chi connectivity index (χ1) is 12.7. The summed E-state index contributed by atoms with van der Waals surface area (Å²) >= 11 is 8.80. The highest BCUT2D eigenvalue weighted by Crippen LogP contribution is 2.28. The number of hydrogen-bond acceptors (Lipinski definition) is 4. The van der Waals surface area contributed by atoms with Crippen molar-refractivity contribution in [2.45, 2.75) is 25.4 Å². The third kappa shape index (κ3) is 6.82. The van der Waals surface area contributed by atoms with Gasteiger partial charge in [0.25, 0.3) is 0 Å². The predicted molar refractivity (Wildman–Crippen MR) is 112 cm³/mol. The summed E-state index contributed by atoms with van der Waals surface area (Å²) in [5.41, 5.74) is 0.721. The van der Waals surface area contributed by atoms with Crippen LogP contribution in [0.3, 0.4) is 0 Å². The SMILES string of the molecule is O=C(CN(Cc1cc(Br)c(Cl)cc1I)S(=O)[O-])NC1CCN(C(=O)O)CC1. The van der Waals surface area contributed by atoms with E-state index < -0.39 is 23.3 Å². The minimum Gasteiger partial charge on any atom is -0.760 e. The minimum atomic E-state index is -2.58. The van der Waals surface area contributed by atoms with Gasteiger partial charge in [-0.1, -0.05) is 11.6 Å². The molecule has 1 heterocycles. The molecule has 1 fully saturated rings. The smallest absolute Gasteiger partial charge is 0.407 e. The Labute approximate surface area is 186 Å². The fourth-order valence-corrected chi connectivity index (χ4v) is 4.53. The molecule has 1 saturated heterocycles. The number of nitrogens with one attached hydrogen (secondary N) is 1. The summed E-state index contributed by atoms with van der Waals surface area (Å²) < 4.78 is 25.6. The van der Waals surface area contributed by atoms with E-state index in [0.29, 0.717) is 35.4 Å². The topological polar surface area (TPSA) is 113 Å². The second-order valence-corrected chi connectivity index (χ2v) is 9.36. The summed E-state index contributed by atoms with van der Waals surface area (Å²) in [5, 5.41) is 12.2. The Kier molecular flexibility index (Phi) is 8.74. The van der Waals surface area contributed by atoms with Crippen LogP contribution in [0, 0.1) is 3.57 Å². The van der Waals surface area contributed by atoms with Gasteiger partial charge in [-0.05, 0) is 69.1 Å². The van der Waals surface area contributed by atoms with E-state index in [1.807, 2.05) is 0 Å². The van der Waals surface area contributed by atoms with E-state index in [-0.39, 0.29) is 19.1 Å². The van der Waals surface area contributed by atoms with E-state index in [1.165, 1.54) is 4.90 Å². The molecule has 0 bridgehead atoms. The molecule has 1 aliphatic rings. The van der Waals surface area contributed by atoms with Crippen molar-refractivity contribution in [2.75, 3.05) is 19.6 Å². The summed E-state index contributed by atoms with van der Waals surface area (Å²) in [4.78, 5) is 24.4. The van der Waals surface area contributed by atoms with Gasteiger partial charge >= 0.3 is 6.09 Å². The lowest BCUT2D eigenvalue weighted by molar-refractivity contribution is -0.122. The quantitative estimate of drug-likeness (QED) is 0.299. The van der Waals surface area contributed by atoms with Gasteiger partial charge in [0.2, 0.25) is 5.91 Å². The number of carboxylic acid groups (broad SMARTS) is 1. The third-order valence-corrected chi connectivity index (χ3v) is 6.98. The standard InChI is InChI=1S/C15H18BrClIN3O5S/c16-11-5-9(13(18)6-12(11)17)7-21(27(25)26)8-14(22)19-10-1-3-20(4-2-10)15(23)24/h5-6,10H,1-4,7-8H2,(H,19,22)(H,23,24)(H,25,26)/p-1. The third-order valence-electron chi connectivity index (χ3n) is 4.10. The van der Waals surface area contributed by atoms with Gasteiger partial charge in [-0.15, -0.1) is 0 Å². The number of piperidine rings is 1. The molecule has 0 aliphatic carbocycles. The molecule has 0 radical (unpaired) electrons. The number of hydrogen-bond donors (Lipinski definition) is 2. The van der Waals surface area contributed by atoms with Crippen LogP contribution < -0.4 is 5.32 Å². The van der Waals surface area contributed by atoms with E-state index in [1.54, 1.807) is 12.1 Å². The number of amides is 2. The Hall–Kier alpha value is -0.470.